The average Bonchev–Trinajstić information content (AvgIpc) is 3.54. The maximum atomic E-state index is 5.84. The molecule has 0 amide bonds. The molecule has 0 N–H and O–H groups in total. The second-order valence-corrected chi connectivity index (χ2v) is 10.0. The minimum atomic E-state index is 0.487. The fourth-order valence-electron chi connectivity index (χ4n) is 3.74. The van der Waals surface area contributed by atoms with E-state index in [9.17, 15) is 0 Å². The van der Waals surface area contributed by atoms with Crippen molar-refractivity contribution in [3.63, 3.8) is 0 Å². The minimum Gasteiger partial charge on any atom is -0.419 e. The van der Waals surface area contributed by atoms with E-state index in [4.69, 9.17) is 4.42 Å². The Labute approximate surface area is 181 Å². The Morgan fingerprint density at radius 1 is 1.00 bits per heavy atom. The quantitative estimate of drug-likeness (QED) is 0.334. The van der Waals surface area contributed by atoms with Gasteiger partial charge in [0.25, 0.3) is 5.89 Å². The number of rotatable bonds is 7. The zero-order valence-electron chi connectivity index (χ0n) is 15.9. The minimum absolute atomic E-state index is 0.487. The molecule has 4 aromatic heterocycles. The smallest absolute Gasteiger partial charge is 0.257 e. The van der Waals surface area contributed by atoms with Crippen molar-refractivity contribution in [2.45, 2.75) is 55.5 Å². The van der Waals surface area contributed by atoms with Crippen LogP contribution in [-0.2, 0) is 12.2 Å². The van der Waals surface area contributed by atoms with Crippen molar-refractivity contribution in [1.82, 2.24) is 25.0 Å². The van der Waals surface area contributed by atoms with Crippen LogP contribution in [0.5, 0.6) is 0 Å². The SMILES string of the molecule is c1csc(Cc2nnc(SCc3nnc(-c4cccs4)o3)n2C2CCCCC2)c1. The van der Waals surface area contributed by atoms with Gasteiger partial charge in [0.05, 0.1) is 10.6 Å². The van der Waals surface area contributed by atoms with E-state index in [1.807, 2.05) is 17.5 Å². The van der Waals surface area contributed by atoms with E-state index in [0.29, 0.717) is 23.6 Å². The van der Waals surface area contributed by atoms with Crippen LogP contribution < -0.4 is 0 Å². The topological polar surface area (TPSA) is 69.6 Å². The number of thioether (sulfide) groups is 1. The zero-order valence-corrected chi connectivity index (χ0v) is 18.3. The molecule has 6 nitrogen and oxygen atoms in total. The Bertz CT molecular complexity index is 1030. The van der Waals surface area contributed by atoms with E-state index in [-0.39, 0.29) is 0 Å². The summed E-state index contributed by atoms with van der Waals surface area (Å²) in [6.45, 7) is 0. The van der Waals surface area contributed by atoms with E-state index in [1.165, 1.54) is 37.0 Å². The van der Waals surface area contributed by atoms with Gasteiger partial charge < -0.3 is 8.98 Å². The molecule has 0 aromatic carbocycles. The molecule has 1 saturated carbocycles. The van der Waals surface area contributed by atoms with E-state index < -0.39 is 0 Å². The summed E-state index contributed by atoms with van der Waals surface area (Å²) in [6, 6.07) is 8.73. The summed E-state index contributed by atoms with van der Waals surface area (Å²) >= 11 is 5.01. The highest BCUT2D eigenvalue weighted by Gasteiger charge is 2.24. The molecular weight excluding hydrogens is 422 g/mol. The van der Waals surface area contributed by atoms with E-state index in [2.05, 4.69) is 42.5 Å². The third-order valence-electron chi connectivity index (χ3n) is 5.11. The number of nitrogens with zero attached hydrogens (tertiary/aromatic N) is 5. The number of aromatic nitrogens is 5. The lowest BCUT2D eigenvalue weighted by Gasteiger charge is -2.25. The van der Waals surface area contributed by atoms with Crippen molar-refractivity contribution < 1.29 is 4.42 Å². The Morgan fingerprint density at radius 2 is 1.86 bits per heavy atom. The molecule has 0 unspecified atom stereocenters. The van der Waals surface area contributed by atoms with Gasteiger partial charge in [-0.25, -0.2) is 0 Å². The van der Waals surface area contributed by atoms with Gasteiger partial charge in [-0.1, -0.05) is 43.2 Å². The predicted octanol–water partition coefficient (Wildman–Crippen LogP) is 5.84. The Balaban J connectivity index is 1.35. The van der Waals surface area contributed by atoms with Crippen LogP contribution in [0, 0.1) is 0 Å². The van der Waals surface area contributed by atoms with Crippen LogP contribution in [0.3, 0.4) is 0 Å². The molecule has 0 saturated heterocycles. The monoisotopic (exact) mass is 443 g/mol. The fraction of sp³-hybridized carbons (Fsp3) is 0.400. The van der Waals surface area contributed by atoms with Crippen molar-refractivity contribution in [3.05, 3.63) is 51.6 Å². The van der Waals surface area contributed by atoms with Gasteiger partial charge >= 0.3 is 0 Å². The standard InChI is InChI=1S/C20H21N5OS3/c1-2-6-14(7-3-1)25-17(12-15-8-4-10-27-15)21-24-20(25)29-13-18-22-23-19(26-18)16-9-5-11-28-16/h4-5,8-11,14H,1-3,6-7,12-13H2. The Hall–Kier alpha value is -1.97. The number of hydrogen-bond donors (Lipinski definition) is 0. The molecule has 29 heavy (non-hydrogen) atoms. The van der Waals surface area contributed by atoms with Gasteiger partial charge in [-0.3, -0.25) is 0 Å². The van der Waals surface area contributed by atoms with Gasteiger partial charge in [-0.2, -0.15) is 0 Å². The summed E-state index contributed by atoms with van der Waals surface area (Å²) in [5, 5.41) is 22.6. The van der Waals surface area contributed by atoms with Gasteiger partial charge in [-0.05, 0) is 35.7 Å². The summed E-state index contributed by atoms with van der Waals surface area (Å²) in [4.78, 5) is 2.32. The number of thiophene rings is 2. The molecule has 1 aliphatic rings. The molecule has 0 radical (unpaired) electrons. The van der Waals surface area contributed by atoms with Crippen LogP contribution in [-0.4, -0.2) is 25.0 Å². The van der Waals surface area contributed by atoms with Crippen molar-refractivity contribution in [2.75, 3.05) is 0 Å². The second-order valence-electron chi connectivity index (χ2n) is 7.08. The third kappa shape index (κ3) is 4.31. The lowest BCUT2D eigenvalue weighted by Crippen LogP contribution is -2.16. The first-order valence-electron chi connectivity index (χ1n) is 9.82. The second kappa shape index (κ2) is 8.81. The summed E-state index contributed by atoms with van der Waals surface area (Å²) in [6.07, 6.45) is 7.12. The summed E-state index contributed by atoms with van der Waals surface area (Å²) < 4.78 is 8.21. The summed E-state index contributed by atoms with van der Waals surface area (Å²) in [7, 11) is 0. The normalized spacial score (nSPS) is 15.2. The van der Waals surface area contributed by atoms with Gasteiger partial charge in [0.2, 0.25) is 5.89 Å². The highest BCUT2D eigenvalue weighted by molar-refractivity contribution is 7.98. The molecule has 150 valence electrons. The Morgan fingerprint density at radius 3 is 2.66 bits per heavy atom. The van der Waals surface area contributed by atoms with E-state index >= 15 is 0 Å². The van der Waals surface area contributed by atoms with Crippen molar-refractivity contribution in [3.8, 4) is 10.8 Å². The summed E-state index contributed by atoms with van der Waals surface area (Å²) in [5.41, 5.74) is 0. The molecule has 0 atom stereocenters. The highest BCUT2D eigenvalue weighted by Crippen LogP contribution is 2.34. The summed E-state index contributed by atoms with van der Waals surface area (Å²) in [5.74, 6) is 2.87. The lowest BCUT2D eigenvalue weighted by molar-refractivity contribution is 0.330. The van der Waals surface area contributed by atoms with Crippen LogP contribution in [0.15, 0.2) is 44.6 Å². The molecule has 0 bridgehead atoms. The van der Waals surface area contributed by atoms with Gasteiger partial charge in [0.1, 0.15) is 5.82 Å². The van der Waals surface area contributed by atoms with E-state index in [0.717, 1.165) is 22.3 Å². The average molecular weight is 444 g/mol. The molecule has 4 heterocycles. The molecule has 1 fully saturated rings. The molecule has 0 spiro atoms. The fourth-order valence-corrected chi connectivity index (χ4v) is 5.95. The molecule has 9 heteroatoms. The van der Waals surface area contributed by atoms with Gasteiger partial charge in [0, 0.05) is 17.3 Å². The highest BCUT2D eigenvalue weighted by atomic mass is 32.2. The van der Waals surface area contributed by atoms with Crippen molar-refractivity contribution >= 4 is 34.4 Å². The molecule has 1 aliphatic carbocycles. The lowest BCUT2D eigenvalue weighted by atomic mass is 9.95. The van der Waals surface area contributed by atoms with Crippen molar-refractivity contribution in [1.29, 1.82) is 0 Å². The van der Waals surface area contributed by atoms with Crippen LogP contribution in [0.4, 0.5) is 0 Å². The molecular formula is C20H21N5OS3. The third-order valence-corrected chi connectivity index (χ3v) is 7.77. The van der Waals surface area contributed by atoms with Gasteiger partial charge in [-0.15, -0.1) is 43.1 Å². The molecule has 0 aliphatic heterocycles. The largest absolute Gasteiger partial charge is 0.419 e. The van der Waals surface area contributed by atoms with Crippen LogP contribution in [0.25, 0.3) is 10.8 Å². The molecule has 5 rings (SSSR count). The first-order valence-corrected chi connectivity index (χ1v) is 12.6. The Kier molecular flexibility index (Phi) is 5.78. The molecule has 4 aromatic rings. The van der Waals surface area contributed by atoms with Gasteiger partial charge in [0.15, 0.2) is 5.16 Å². The van der Waals surface area contributed by atoms with E-state index in [1.54, 1.807) is 34.4 Å². The van der Waals surface area contributed by atoms with Crippen LogP contribution in [0.1, 0.15) is 54.7 Å². The first-order chi connectivity index (χ1) is 14.4. The van der Waals surface area contributed by atoms with Crippen LogP contribution in [0.2, 0.25) is 0 Å². The van der Waals surface area contributed by atoms with Crippen LogP contribution >= 0.6 is 34.4 Å². The zero-order chi connectivity index (χ0) is 19.5. The first kappa shape index (κ1) is 19.0. The van der Waals surface area contributed by atoms with Crippen molar-refractivity contribution in [2.24, 2.45) is 0 Å². The number of hydrogen-bond acceptors (Lipinski definition) is 8. The predicted molar refractivity (Wildman–Crippen MR) is 116 cm³/mol. The maximum absolute atomic E-state index is 5.84. The maximum Gasteiger partial charge on any atom is 0.257 e.